The number of fused-ring (bicyclic) bond motifs is 1. The fourth-order valence-corrected chi connectivity index (χ4v) is 5.15. The summed E-state index contributed by atoms with van der Waals surface area (Å²) in [5.41, 5.74) is 6.37. The van der Waals surface area contributed by atoms with E-state index in [-0.39, 0.29) is 5.75 Å². The van der Waals surface area contributed by atoms with E-state index in [9.17, 15) is 4.21 Å². The smallest absolute Gasteiger partial charge is 0.197 e. The number of aromatic amines is 1. The monoisotopic (exact) mass is 457 g/mol. The Labute approximate surface area is 193 Å². The molecular weight excluding hydrogens is 422 g/mol. The summed E-state index contributed by atoms with van der Waals surface area (Å²) in [5, 5.41) is 0.458. The van der Waals surface area contributed by atoms with Crippen LogP contribution in [0.15, 0.2) is 17.4 Å². The average Bonchev–Trinajstić information content (AvgIpc) is 3.19. The molecule has 32 heavy (non-hydrogen) atoms. The molecule has 3 rings (SSSR count). The lowest BCUT2D eigenvalue weighted by Gasteiger charge is -2.12. The van der Waals surface area contributed by atoms with E-state index < -0.39 is 10.8 Å². The lowest BCUT2D eigenvalue weighted by atomic mass is 10.1. The third-order valence-electron chi connectivity index (χ3n) is 5.85. The molecule has 2 heterocycles. The second-order valence-electron chi connectivity index (χ2n) is 8.38. The van der Waals surface area contributed by atoms with Crippen molar-refractivity contribution in [3.8, 4) is 11.5 Å². The molecule has 0 radical (unpaired) electrons. The van der Waals surface area contributed by atoms with Crippen LogP contribution in [-0.4, -0.2) is 32.9 Å². The summed E-state index contributed by atoms with van der Waals surface area (Å²) in [7, 11) is 0.293. The fourth-order valence-electron chi connectivity index (χ4n) is 4.06. The minimum absolute atomic E-state index is 0.279. The number of ether oxygens (including phenoxy) is 2. The van der Waals surface area contributed by atoms with Crippen LogP contribution in [0.2, 0.25) is 0 Å². The Bertz CT molecular complexity index is 1110. The van der Waals surface area contributed by atoms with Gasteiger partial charge in [-0.15, -0.1) is 0 Å². The number of aromatic nitrogens is 3. The third kappa shape index (κ3) is 5.31. The lowest BCUT2D eigenvalue weighted by Crippen LogP contribution is -2.05. The Morgan fingerprint density at radius 1 is 1.00 bits per heavy atom. The number of hydrogen-bond donors (Lipinski definition) is 1. The molecule has 0 aliphatic heterocycles. The molecule has 1 N–H and O–H groups in total. The molecule has 7 heteroatoms. The van der Waals surface area contributed by atoms with Crippen LogP contribution < -0.4 is 9.47 Å². The number of unbranched alkanes of at least 4 members (excludes halogenated alkanes) is 4. The number of methoxy groups -OCH3 is 1. The quantitative estimate of drug-likeness (QED) is 0.365. The van der Waals surface area contributed by atoms with Crippen molar-refractivity contribution in [1.82, 2.24) is 15.0 Å². The van der Waals surface area contributed by atoms with E-state index in [2.05, 4.69) is 21.9 Å². The highest BCUT2D eigenvalue weighted by Crippen LogP contribution is 2.31. The molecule has 1 unspecified atom stereocenters. The minimum Gasteiger partial charge on any atom is -0.496 e. The van der Waals surface area contributed by atoms with E-state index in [1.54, 1.807) is 13.3 Å². The summed E-state index contributed by atoms with van der Waals surface area (Å²) in [6.45, 7) is 10.9. The summed E-state index contributed by atoms with van der Waals surface area (Å²) in [6, 6.07) is 2.03. The third-order valence-corrected chi connectivity index (χ3v) is 7.01. The standard InChI is InChI=1S/C25H35N3O3S/c1-7-8-9-10-11-12-31-24-16(2)13-20-22(19(24)5)28-25(27-20)32(29)15-21-18(4)23(30-6)17(3)14-26-21/h13-14H,7-12,15H2,1-6H3,(H,27,28). The van der Waals surface area contributed by atoms with Crippen molar-refractivity contribution in [2.75, 3.05) is 13.7 Å². The number of pyridine rings is 1. The highest BCUT2D eigenvalue weighted by atomic mass is 32.2. The van der Waals surface area contributed by atoms with Crippen molar-refractivity contribution in [2.45, 2.75) is 77.6 Å². The van der Waals surface area contributed by atoms with Gasteiger partial charge < -0.3 is 14.5 Å². The van der Waals surface area contributed by atoms with Crippen LogP contribution in [-0.2, 0) is 16.6 Å². The van der Waals surface area contributed by atoms with Crippen LogP contribution in [0.1, 0.15) is 67.0 Å². The Balaban J connectivity index is 1.78. The summed E-state index contributed by atoms with van der Waals surface area (Å²) in [5.74, 6) is 1.96. The molecule has 174 valence electrons. The molecule has 0 spiro atoms. The SMILES string of the molecule is CCCCCCCOc1c(C)cc2[nH]c(S(=O)Cc3ncc(C)c(OC)c3C)nc2c1C. The molecule has 1 aromatic carbocycles. The van der Waals surface area contributed by atoms with Gasteiger partial charge in [0, 0.05) is 22.9 Å². The molecule has 0 aliphatic rings. The largest absolute Gasteiger partial charge is 0.496 e. The molecule has 0 fully saturated rings. The van der Waals surface area contributed by atoms with Gasteiger partial charge >= 0.3 is 0 Å². The van der Waals surface area contributed by atoms with Gasteiger partial charge in [-0.25, -0.2) is 4.98 Å². The molecule has 1 atom stereocenters. The number of rotatable bonds is 11. The first-order valence-electron chi connectivity index (χ1n) is 11.4. The molecule has 0 amide bonds. The van der Waals surface area contributed by atoms with E-state index in [4.69, 9.17) is 9.47 Å². The van der Waals surface area contributed by atoms with Gasteiger partial charge in [-0.1, -0.05) is 32.6 Å². The Morgan fingerprint density at radius 2 is 1.75 bits per heavy atom. The van der Waals surface area contributed by atoms with Crippen molar-refractivity contribution in [1.29, 1.82) is 0 Å². The Hall–Kier alpha value is -2.41. The first-order chi connectivity index (χ1) is 15.4. The zero-order valence-electron chi connectivity index (χ0n) is 20.1. The molecule has 3 aromatic rings. The van der Waals surface area contributed by atoms with Gasteiger partial charge in [0.15, 0.2) is 5.16 Å². The summed E-state index contributed by atoms with van der Waals surface area (Å²) >= 11 is 0. The van der Waals surface area contributed by atoms with Crippen LogP contribution in [0.25, 0.3) is 11.0 Å². The highest BCUT2D eigenvalue weighted by molar-refractivity contribution is 7.84. The van der Waals surface area contributed by atoms with Crippen molar-refractivity contribution < 1.29 is 13.7 Å². The highest BCUT2D eigenvalue weighted by Gasteiger charge is 2.18. The normalized spacial score (nSPS) is 12.3. The van der Waals surface area contributed by atoms with Gasteiger partial charge in [-0.3, -0.25) is 9.19 Å². The molecule has 0 saturated carbocycles. The Morgan fingerprint density at radius 3 is 2.47 bits per heavy atom. The minimum atomic E-state index is -1.35. The maximum Gasteiger partial charge on any atom is 0.197 e. The summed E-state index contributed by atoms with van der Waals surface area (Å²) in [6.07, 6.45) is 7.78. The summed E-state index contributed by atoms with van der Waals surface area (Å²) in [4.78, 5) is 12.4. The molecule has 2 aromatic heterocycles. The van der Waals surface area contributed by atoms with E-state index in [0.717, 1.165) is 56.9 Å². The molecule has 0 saturated heterocycles. The molecule has 0 bridgehead atoms. The number of aryl methyl sites for hydroxylation is 3. The molecule has 0 aliphatic carbocycles. The number of nitrogens with zero attached hydrogens (tertiary/aromatic N) is 2. The van der Waals surface area contributed by atoms with Gasteiger partial charge in [0.1, 0.15) is 11.5 Å². The number of H-pyrrole nitrogens is 1. The van der Waals surface area contributed by atoms with E-state index in [1.165, 1.54) is 25.7 Å². The summed E-state index contributed by atoms with van der Waals surface area (Å²) < 4.78 is 24.7. The van der Waals surface area contributed by atoms with Gasteiger partial charge in [0.25, 0.3) is 0 Å². The predicted octanol–water partition coefficient (Wildman–Crippen LogP) is 5.86. The second kappa shape index (κ2) is 10.9. The van der Waals surface area contributed by atoms with Crippen LogP contribution in [0, 0.1) is 27.7 Å². The number of hydrogen-bond acceptors (Lipinski definition) is 5. The van der Waals surface area contributed by atoms with Crippen molar-refractivity contribution in [2.24, 2.45) is 0 Å². The molecule has 6 nitrogen and oxygen atoms in total. The number of benzene rings is 1. The maximum absolute atomic E-state index is 13.1. The number of imidazole rings is 1. The van der Waals surface area contributed by atoms with E-state index in [0.29, 0.717) is 11.8 Å². The van der Waals surface area contributed by atoms with Gasteiger partial charge in [-0.2, -0.15) is 0 Å². The lowest BCUT2D eigenvalue weighted by molar-refractivity contribution is 0.301. The van der Waals surface area contributed by atoms with Crippen molar-refractivity contribution in [3.63, 3.8) is 0 Å². The van der Waals surface area contributed by atoms with Gasteiger partial charge in [-0.05, 0) is 45.7 Å². The van der Waals surface area contributed by atoms with Crippen LogP contribution >= 0.6 is 0 Å². The zero-order valence-corrected chi connectivity index (χ0v) is 20.9. The van der Waals surface area contributed by atoms with E-state index >= 15 is 0 Å². The first kappa shape index (κ1) is 24.2. The first-order valence-corrected chi connectivity index (χ1v) is 12.7. The van der Waals surface area contributed by atoms with Crippen molar-refractivity contribution >= 4 is 21.8 Å². The fraction of sp³-hybridized carbons (Fsp3) is 0.520. The topological polar surface area (TPSA) is 77.1 Å². The van der Waals surface area contributed by atoms with Crippen LogP contribution in [0.4, 0.5) is 0 Å². The Kier molecular flexibility index (Phi) is 8.29. The van der Waals surface area contributed by atoms with Gasteiger partial charge in [0.2, 0.25) is 0 Å². The second-order valence-corrected chi connectivity index (χ2v) is 9.75. The van der Waals surface area contributed by atoms with Crippen LogP contribution in [0.5, 0.6) is 11.5 Å². The van der Waals surface area contributed by atoms with Crippen molar-refractivity contribution in [3.05, 3.63) is 40.2 Å². The molecular formula is C25H35N3O3S. The van der Waals surface area contributed by atoms with Gasteiger partial charge in [0.05, 0.1) is 47.0 Å². The maximum atomic E-state index is 13.1. The predicted molar refractivity (Wildman–Crippen MR) is 130 cm³/mol. The zero-order chi connectivity index (χ0) is 23.3. The average molecular weight is 458 g/mol. The van der Waals surface area contributed by atoms with Crippen LogP contribution in [0.3, 0.4) is 0 Å². The van der Waals surface area contributed by atoms with E-state index in [1.807, 2.05) is 33.8 Å². The number of nitrogens with one attached hydrogen (secondary N) is 1.